The fraction of sp³-hybridized carbons (Fsp3) is 0.0667. The molecule has 0 bridgehead atoms. The zero-order chi connectivity index (χ0) is 17.1. The minimum absolute atomic E-state index is 0.0328. The topological polar surface area (TPSA) is 91.3 Å². The van der Waals surface area contributed by atoms with Crippen LogP contribution in [0, 0.1) is 10.1 Å². The fourth-order valence-corrected chi connectivity index (χ4v) is 2.43. The number of para-hydroxylation sites is 1. The van der Waals surface area contributed by atoms with Crippen molar-refractivity contribution in [3.8, 4) is 17.2 Å². The first-order chi connectivity index (χ1) is 11.5. The normalized spacial score (nSPS) is 10.6. The highest BCUT2D eigenvalue weighted by Gasteiger charge is 2.19. The van der Waals surface area contributed by atoms with Crippen molar-refractivity contribution in [2.24, 2.45) is 0 Å². The summed E-state index contributed by atoms with van der Waals surface area (Å²) in [7, 11) is 0. The van der Waals surface area contributed by atoms with Crippen LogP contribution in [0.15, 0.2) is 46.9 Å². The molecule has 3 rings (SSSR count). The highest BCUT2D eigenvalue weighted by atomic mass is 35.5. The first-order valence-corrected chi connectivity index (χ1v) is 7.44. The van der Waals surface area contributed by atoms with Gasteiger partial charge in [-0.2, -0.15) is 0 Å². The third kappa shape index (κ3) is 3.47. The van der Waals surface area contributed by atoms with E-state index in [1.165, 1.54) is 12.1 Å². The Morgan fingerprint density at radius 1 is 1.17 bits per heavy atom. The lowest BCUT2D eigenvalue weighted by Crippen LogP contribution is -1.96. The number of hydrogen-bond acceptors (Lipinski definition) is 6. The van der Waals surface area contributed by atoms with E-state index in [2.05, 4.69) is 10.2 Å². The Kier molecular flexibility index (Phi) is 4.64. The van der Waals surface area contributed by atoms with Crippen LogP contribution >= 0.6 is 23.2 Å². The van der Waals surface area contributed by atoms with Crippen LogP contribution in [0.5, 0.6) is 5.75 Å². The van der Waals surface area contributed by atoms with Gasteiger partial charge in [0.05, 0.1) is 9.95 Å². The highest BCUT2D eigenvalue weighted by Crippen LogP contribution is 2.30. The molecule has 0 aliphatic carbocycles. The summed E-state index contributed by atoms with van der Waals surface area (Å²) in [5.74, 6) is 0.615. The van der Waals surface area contributed by atoms with Crippen molar-refractivity contribution in [3.05, 3.63) is 68.5 Å². The third-order valence-corrected chi connectivity index (χ3v) is 3.57. The summed E-state index contributed by atoms with van der Waals surface area (Å²) in [6, 6.07) is 10.9. The van der Waals surface area contributed by atoms with Gasteiger partial charge in [0.15, 0.2) is 6.61 Å². The van der Waals surface area contributed by atoms with Crippen molar-refractivity contribution in [3.63, 3.8) is 0 Å². The average molecular weight is 366 g/mol. The Morgan fingerprint density at radius 2 is 1.96 bits per heavy atom. The molecule has 0 aliphatic heterocycles. The second kappa shape index (κ2) is 6.86. The molecule has 9 heteroatoms. The second-order valence-corrected chi connectivity index (χ2v) is 5.48. The molecule has 1 aromatic heterocycles. The summed E-state index contributed by atoms with van der Waals surface area (Å²) < 4.78 is 10.9. The molecule has 0 N–H and O–H groups in total. The Hall–Kier alpha value is -2.64. The van der Waals surface area contributed by atoms with Crippen molar-refractivity contribution in [1.82, 2.24) is 10.2 Å². The van der Waals surface area contributed by atoms with Crippen LogP contribution in [0.1, 0.15) is 5.89 Å². The van der Waals surface area contributed by atoms with Gasteiger partial charge in [-0.15, -0.1) is 10.2 Å². The van der Waals surface area contributed by atoms with Crippen molar-refractivity contribution < 1.29 is 14.1 Å². The van der Waals surface area contributed by atoms with Crippen LogP contribution in [0.4, 0.5) is 5.69 Å². The molecule has 0 aliphatic rings. The van der Waals surface area contributed by atoms with Gasteiger partial charge in [-0.25, -0.2) is 0 Å². The first-order valence-electron chi connectivity index (χ1n) is 6.68. The van der Waals surface area contributed by atoms with E-state index in [0.717, 1.165) is 0 Å². The van der Waals surface area contributed by atoms with E-state index in [0.29, 0.717) is 15.8 Å². The molecule has 24 heavy (non-hydrogen) atoms. The third-order valence-electron chi connectivity index (χ3n) is 3.04. The minimum Gasteiger partial charge on any atom is -0.482 e. The summed E-state index contributed by atoms with van der Waals surface area (Å²) in [5.41, 5.74) is 0.125. The molecule has 122 valence electrons. The zero-order valence-corrected chi connectivity index (χ0v) is 13.5. The SMILES string of the molecule is O=[N+]([O-])c1ccccc1-c1nnc(COc2ccc(Cl)cc2Cl)o1. The van der Waals surface area contributed by atoms with E-state index in [-0.39, 0.29) is 29.6 Å². The molecule has 0 radical (unpaired) electrons. The van der Waals surface area contributed by atoms with E-state index in [4.69, 9.17) is 32.4 Å². The van der Waals surface area contributed by atoms with Crippen LogP contribution < -0.4 is 4.74 Å². The van der Waals surface area contributed by atoms with Gasteiger partial charge < -0.3 is 9.15 Å². The number of rotatable bonds is 5. The number of nitro groups is 1. The first kappa shape index (κ1) is 16.2. The largest absolute Gasteiger partial charge is 0.482 e. The van der Waals surface area contributed by atoms with Gasteiger partial charge in [0, 0.05) is 11.1 Å². The fourth-order valence-electron chi connectivity index (χ4n) is 1.97. The van der Waals surface area contributed by atoms with Crippen molar-refractivity contribution in [1.29, 1.82) is 0 Å². The lowest BCUT2D eigenvalue weighted by Gasteiger charge is -2.05. The predicted molar refractivity (Wildman–Crippen MR) is 87.2 cm³/mol. The Labute approximate surface area is 145 Å². The summed E-state index contributed by atoms with van der Waals surface area (Å²) in [4.78, 5) is 10.5. The Bertz CT molecular complexity index is 898. The maximum atomic E-state index is 11.0. The predicted octanol–water partition coefficient (Wildman–Crippen LogP) is 4.53. The highest BCUT2D eigenvalue weighted by molar-refractivity contribution is 6.35. The number of aromatic nitrogens is 2. The summed E-state index contributed by atoms with van der Waals surface area (Å²) in [6.45, 7) is -0.0328. The molecule has 0 unspecified atom stereocenters. The number of nitrogens with zero attached hydrogens (tertiary/aromatic N) is 3. The molecule has 1 heterocycles. The maximum Gasteiger partial charge on any atom is 0.282 e. The molecule has 0 fully saturated rings. The van der Waals surface area contributed by atoms with Gasteiger partial charge in [0.1, 0.15) is 11.3 Å². The molecule has 0 saturated carbocycles. The molecule has 7 nitrogen and oxygen atoms in total. The van der Waals surface area contributed by atoms with Crippen LogP contribution in [0.2, 0.25) is 10.0 Å². The minimum atomic E-state index is -0.511. The second-order valence-electron chi connectivity index (χ2n) is 4.64. The van der Waals surface area contributed by atoms with E-state index in [1.54, 1.807) is 30.3 Å². The molecule has 0 spiro atoms. The summed E-state index contributed by atoms with van der Waals surface area (Å²) in [6.07, 6.45) is 0. The number of benzene rings is 2. The molecule has 3 aromatic rings. The average Bonchev–Trinajstić information content (AvgIpc) is 3.03. The number of hydrogen-bond donors (Lipinski definition) is 0. The van der Waals surface area contributed by atoms with Gasteiger partial charge >= 0.3 is 0 Å². The Balaban J connectivity index is 1.78. The summed E-state index contributed by atoms with van der Waals surface area (Å²) >= 11 is 11.8. The number of nitro benzene ring substituents is 1. The molecule has 0 amide bonds. The molecule has 2 aromatic carbocycles. The van der Waals surface area contributed by atoms with Crippen LogP contribution in [-0.2, 0) is 6.61 Å². The monoisotopic (exact) mass is 365 g/mol. The molecule has 0 atom stereocenters. The van der Waals surface area contributed by atoms with Crippen molar-refractivity contribution >= 4 is 28.9 Å². The van der Waals surface area contributed by atoms with E-state index in [9.17, 15) is 10.1 Å². The maximum absolute atomic E-state index is 11.0. The molecule has 0 saturated heterocycles. The molecular weight excluding hydrogens is 357 g/mol. The van der Waals surface area contributed by atoms with E-state index in [1.807, 2.05) is 0 Å². The standard InChI is InChI=1S/C15H9Cl2N3O4/c16-9-5-6-13(11(17)7-9)23-8-14-18-19-15(24-14)10-3-1-2-4-12(10)20(21)22/h1-7H,8H2. The quantitative estimate of drug-likeness (QED) is 0.487. The van der Waals surface area contributed by atoms with Crippen molar-refractivity contribution in [2.45, 2.75) is 6.61 Å². The zero-order valence-electron chi connectivity index (χ0n) is 12.0. The van der Waals surface area contributed by atoms with Gasteiger partial charge in [-0.1, -0.05) is 35.3 Å². The summed E-state index contributed by atoms with van der Waals surface area (Å²) in [5, 5.41) is 19.5. The van der Waals surface area contributed by atoms with Gasteiger partial charge in [0.2, 0.25) is 0 Å². The van der Waals surface area contributed by atoms with Crippen LogP contribution in [0.25, 0.3) is 11.5 Å². The molecular formula is C15H9Cl2N3O4. The smallest absolute Gasteiger partial charge is 0.282 e. The van der Waals surface area contributed by atoms with Gasteiger partial charge in [0.25, 0.3) is 17.5 Å². The van der Waals surface area contributed by atoms with Crippen molar-refractivity contribution in [2.75, 3.05) is 0 Å². The van der Waals surface area contributed by atoms with Gasteiger partial charge in [-0.05, 0) is 24.3 Å². The van der Waals surface area contributed by atoms with E-state index < -0.39 is 4.92 Å². The Morgan fingerprint density at radius 3 is 2.71 bits per heavy atom. The van der Waals surface area contributed by atoms with E-state index >= 15 is 0 Å². The lowest BCUT2D eigenvalue weighted by atomic mass is 10.2. The van der Waals surface area contributed by atoms with Crippen LogP contribution in [-0.4, -0.2) is 15.1 Å². The number of ether oxygens (including phenoxy) is 1. The van der Waals surface area contributed by atoms with Gasteiger partial charge in [-0.3, -0.25) is 10.1 Å². The van der Waals surface area contributed by atoms with Crippen LogP contribution in [0.3, 0.4) is 0 Å². The lowest BCUT2D eigenvalue weighted by molar-refractivity contribution is -0.384. The number of halogens is 2.